The van der Waals surface area contributed by atoms with Crippen LogP contribution in [0.15, 0.2) is 29.2 Å². The molecule has 0 aliphatic carbocycles. The van der Waals surface area contributed by atoms with E-state index < -0.39 is 38.9 Å². The molecule has 10 heteroatoms. The fraction of sp³-hybridized carbons (Fsp3) is 0.364. The highest BCUT2D eigenvalue weighted by Gasteiger charge is 2.34. The van der Waals surface area contributed by atoms with E-state index in [4.69, 9.17) is 4.74 Å². The normalized spacial score (nSPS) is 12.5. The van der Waals surface area contributed by atoms with Gasteiger partial charge in [-0.15, -0.1) is 13.2 Å². The zero-order valence-electron chi connectivity index (χ0n) is 11.0. The van der Waals surface area contributed by atoms with Crippen LogP contribution in [0, 0.1) is 0 Å². The van der Waals surface area contributed by atoms with Crippen molar-refractivity contribution in [3.8, 4) is 0 Å². The Morgan fingerprint density at radius 1 is 1.24 bits per heavy atom. The second kappa shape index (κ2) is 6.41. The smallest absolute Gasteiger partial charge is 0.459 e. The van der Waals surface area contributed by atoms with E-state index in [1.807, 2.05) is 0 Å². The first-order valence-corrected chi connectivity index (χ1v) is 7.08. The van der Waals surface area contributed by atoms with E-state index in [-0.39, 0.29) is 0 Å². The van der Waals surface area contributed by atoms with Crippen molar-refractivity contribution >= 4 is 16.0 Å². The number of nitrogens with one attached hydrogen (secondary N) is 1. The Balaban J connectivity index is 3.10. The van der Waals surface area contributed by atoms with Crippen molar-refractivity contribution in [1.82, 2.24) is 4.89 Å². The molecule has 0 atom stereocenters. The molecule has 21 heavy (non-hydrogen) atoms. The molecule has 0 saturated carbocycles. The van der Waals surface area contributed by atoms with Crippen LogP contribution in [0.5, 0.6) is 0 Å². The number of hydrogen-bond acceptors (Lipinski definition) is 5. The number of hydrogen-bond donors (Lipinski definition) is 1. The summed E-state index contributed by atoms with van der Waals surface area (Å²) in [5.74, 6) is -0.974. The van der Waals surface area contributed by atoms with E-state index in [1.165, 1.54) is 12.1 Å². The van der Waals surface area contributed by atoms with Crippen molar-refractivity contribution in [2.24, 2.45) is 0 Å². The van der Waals surface area contributed by atoms with Crippen LogP contribution in [0.25, 0.3) is 0 Å². The van der Waals surface area contributed by atoms with Gasteiger partial charge in [-0.05, 0) is 26.0 Å². The van der Waals surface area contributed by atoms with Gasteiger partial charge < -0.3 is 4.74 Å². The molecule has 0 aliphatic heterocycles. The number of carbonyl (C=O) groups is 1. The highest BCUT2D eigenvalue weighted by molar-refractivity contribution is 7.89. The number of benzene rings is 1. The minimum Gasteiger partial charge on any atom is -0.459 e. The summed E-state index contributed by atoms with van der Waals surface area (Å²) in [7, 11) is -4.70. The molecule has 1 aromatic carbocycles. The number of esters is 1. The van der Waals surface area contributed by atoms with Gasteiger partial charge in [0.2, 0.25) is 0 Å². The van der Waals surface area contributed by atoms with E-state index in [9.17, 15) is 26.4 Å². The summed E-state index contributed by atoms with van der Waals surface area (Å²) in [6.45, 7) is 3.08. The number of halogens is 3. The van der Waals surface area contributed by atoms with Crippen LogP contribution >= 0.6 is 0 Å². The van der Waals surface area contributed by atoms with E-state index in [1.54, 1.807) is 13.8 Å². The van der Waals surface area contributed by atoms with Crippen LogP contribution in [-0.2, 0) is 19.6 Å². The minimum absolute atomic E-state index is 0.399. The highest BCUT2D eigenvalue weighted by atomic mass is 32.2. The second-order valence-corrected chi connectivity index (χ2v) is 5.70. The molecule has 0 amide bonds. The van der Waals surface area contributed by atoms with Crippen LogP contribution in [0.2, 0.25) is 0 Å². The van der Waals surface area contributed by atoms with Gasteiger partial charge in [-0.1, -0.05) is 17.0 Å². The Morgan fingerprint density at radius 3 is 2.33 bits per heavy atom. The second-order valence-electron chi connectivity index (χ2n) is 4.08. The molecule has 0 radical (unpaired) electrons. The molecular weight excluding hydrogens is 315 g/mol. The third-order valence-corrected chi connectivity index (χ3v) is 3.24. The van der Waals surface area contributed by atoms with Crippen LogP contribution in [-0.4, -0.2) is 26.9 Å². The monoisotopic (exact) mass is 327 g/mol. The van der Waals surface area contributed by atoms with Crippen LogP contribution in [0.4, 0.5) is 13.2 Å². The van der Waals surface area contributed by atoms with Crippen molar-refractivity contribution in [2.45, 2.75) is 31.2 Å². The first kappa shape index (κ1) is 17.4. The lowest BCUT2D eigenvalue weighted by Gasteiger charge is -2.13. The van der Waals surface area contributed by atoms with Gasteiger partial charge in [0.05, 0.1) is 16.6 Å². The molecule has 0 unspecified atom stereocenters. The Bertz CT molecular complexity index is 613. The Morgan fingerprint density at radius 2 is 1.81 bits per heavy atom. The average Bonchev–Trinajstić information content (AvgIpc) is 2.35. The molecule has 0 heterocycles. The van der Waals surface area contributed by atoms with Gasteiger partial charge in [0.1, 0.15) is 0 Å². The SMILES string of the molecule is CC(C)OC(=O)c1ccccc1S(=O)(=O)NOC(F)(F)F. The van der Waals surface area contributed by atoms with Crippen molar-refractivity contribution in [3.63, 3.8) is 0 Å². The van der Waals surface area contributed by atoms with Crippen LogP contribution in [0.1, 0.15) is 24.2 Å². The standard InChI is InChI=1S/C11H12F3NO5S/c1-7(2)19-10(16)8-5-3-4-6-9(8)21(17,18)15-20-11(12,13)14/h3-7,15H,1-2H3. The van der Waals surface area contributed by atoms with Gasteiger partial charge >= 0.3 is 12.3 Å². The van der Waals surface area contributed by atoms with Crippen molar-refractivity contribution < 1.29 is 36.0 Å². The van der Waals surface area contributed by atoms with Crippen LogP contribution < -0.4 is 4.89 Å². The van der Waals surface area contributed by atoms with Crippen molar-refractivity contribution in [2.75, 3.05) is 0 Å². The van der Waals surface area contributed by atoms with E-state index in [0.29, 0.717) is 0 Å². The fourth-order valence-electron chi connectivity index (χ4n) is 1.29. The summed E-state index contributed by atoms with van der Waals surface area (Å²) < 4.78 is 64.0. The molecule has 1 N–H and O–H groups in total. The van der Waals surface area contributed by atoms with Gasteiger partial charge in [0.15, 0.2) is 0 Å². The molecular formula is C11H12F3NO5S. The van der Waals surface area contributed by atoms with E-state index >= 15 is 0 Å². The molecule has 6 nitrogen and oxygen atoms in total. The van der Waals surface area contributed by atoms with Gasteiger partial charge in [0, 0.05) is 0 Å². The summed E-state index contributed by atoms with van der Waals surface area (Å²) in [4.78, 5) is 15.0. The summed E-state index contributed by atoms with van der Waals surface area (Å²) >= 11 is 0. The lowest BCUT2D eigenvalue weighted by molar-refractivity contribution is -0.338. The predicted octanol–water partition coefficient (Wildman–Crippen LogP) is 1.98. The number of sulfonamides is 1. The van der Waals surface area contributed by atoms with Gasteiger partial charge in [-0.25, -0.2) is 13.2 Å². The Kier molecular flexibility index (Phi) is 5.31. The minimum atomic E-state index is -5.19. The van der Waals surface area contributed by atoms with Gasteiger partial charge in [-0.2, -0.15) is 4.84 Å². The summed E-state index contributed by atoms with van der Waals surface area (Å²) in [6.07, 6.45) is -5.71. The number of carbonyl (C=O) groups excluding carboxylic acids is 1. The lowest BCUT2D eigenvalue weighted by Crippen LogP contribution is -2.32. The number of rotatable bonds is 5. The van der Waals surface area contributed by atoms with Gasteiger partial charge in [-0.3, -0.25) is 0 Å². The summed E-state index contributed by atoms with van der Waals surface area (Å²) in [6, 6.07) is 4.67. The molecule has 0 saturated heterocycles. The number of alkyl halides is 3. The molecule has 0 aromatic heterocycles. The van der Waals surface area contributed by atoms with E-state index in [0.717, 1.165) is 17.0 Å². The summed E-state index contributed by atoms with van der Waals surface area (Å²) in [5.41, 5.74) is -0.399. The first-order valence-electron chi connectivity index (χ1n) is 5.59. The zero-order chi connectivity index (χ0) is 16.3. The molecule has 118 valence electrons. The Labute approximate surface area is 118 Å². The maximum atomic E-state index is 11.9. The third-order valence-electron chi connectivity index (χ3n) is 2.01. The predicted molar refractivity (Wildman–Crippen MR) is 64.5 cm³/mol. The number of ether oxygens (including phenoxy) is 1. The molecule has 0 aliphatic rings. The van der Waals surface area contributed by atoms with Crippen LogP contribution in [0.3, 0.4) is 0 Å². The molecule has 0 bridgehead atoms. The lowest BCUT2D eigenvalue weighted by atomic mass is 10.2. The average molecular weight is 327 g/mol. The highest BCUT2D eigenvalue weighted by Crippen LogP contribution is 2.20. The van der Waals surface area contributed by atoms with E-state index in [2.05, 4.69) is 4.84 Å². The first-order chi connectivity index (χ1) is 9.53. The molecule has 0 spiro atoms. The maximum absolute atomic E-state index is 11.9. The quantitative estimate of drug-likeness (QED) is 0.660. The topological polar surface area (TPSA) is 81.7 Å². The summed E-state index contributed by atoms with van der Waals surface area (Å²) in [5, 5.41) is 0. The third kappa shape index (κ3) is 5.33. The maximum Gasteiger partial charge on any atom is 0.539 e. The zero-order valence-corrected chi connectivity index (χ0v) is 11.8. The van der Waals surface area contributed by atoms with Crippen molar-refractivity contribution in [1.29, 1.82) is 0 Å². The largest absolute Gasteiger partial charge is 0.539 e. The molecule has 1 aromatic rings. The van der Waals surface area contributed by atoms with Gasteiger partial charge in [0.25, 0.3) is 10.0 Å². The Hall–Kier alpha value is -1.65. The fourth-order valence-corrected chi connectivity index (χ4v) is 2.29. The molecule has 1 rings (SSSR count). The van der Waals surface area contributed by atoms with Crippen molar-refractivity contribution in [3.05, 3.63) is 29.8 Å². The molecule has 0 fully saturated rings.